The van der Waals surface area contributed by atoms with Crippen molar-refractivity contribution in [2.75, 3.05) is 36.3 Å². The summed E-state index contributed by atoms with van der Waals surface area (Å²) in [5, 5.41) is 7.08. The number of benzene rings is 2. The van der Waals surface area contributed by atoms with E-state index in [0.717, 1.165) is 26.2 Å². The number of nitrogens with zero attached hydrogens (tertiary/aromatic N) is 3. The molecule has 0 spiro atoms. The average molecular weight is 486 g/mol. The minimum atomic E-state index is -3.79. The maximum absolute atomic E-state index is 12.7. The van der Waals surface area contributed by atoms with E-state index in [9.17, 15) is 13.2 Å². The maximum atomic E-state index is 12.7. The van der Waals surface area contributed by atoms with E-state index in [0.29, 0.717) is 29.3 Å². The number of rotatable bonds is 12. The molecule has 3 rings (SSSR count). The molecule has 1 heterocycles. The average Bonchev–Trinajstić information content (AvgIpc) is 3.28. The number of nitrogens with one attached hydrogen (secondary N) is 2. The number of carbonyl (C=O) groups is 1. The summed E-state index contributed by atoms with van der Waals surface area (Å²) in [7, 11) is -3.79. The van der Waals surface area contributed by atoms with E-state index >= 15 is 0 Å². The Hall–Kier alpha value is -3.37. The molecule has 182 valence electrons. The van der Waals surface area contributed by atoms with Crippen LogP contribution in [0.25, 0.3) is 0 Å². The number of likely N-dealkylation sites (N-methyl/N-ethyl adjacent to an activating group) is 1. The largest absolute Gasteiger partial charge is 0.494 e. The second kappa shape index (κ2) is 11.7. The lowest BCUT2D eigenvalue weighted by Gasteiger charge is -2.17. The van der Waals surface area contributed by atoms with Crippen LogP contribution in [-0.4, -0.2) is 55.2 Å². The van der Waals surface area contributed by atoms with E-state index in [1.54, 1.807) is 41.3 Å². The zero-order chi connectivity index (χ0) is 24.6. The number of anilines is 2. The van der Waals surface area contributed by atoms with Crippen LogP contribution in [0.4, 0.5) is 11.4 Å². The van der Waals surface area contributed by atoms with Crippen LogP contribution < -0.4 is 14.8 Å². The summed E-state index contributed by atoms with van der Waals surface area (Å²) < 4.78 is 35.0. The van der Waals surface area contributed by atoms with Crippen LogP contribution in [0, 0.1) is 0 Å². The van der Waals surface area contributed by atoms with Crippen LogP contribution in [0.3, 0.4) is 0 Å². The van der Waals surface area contributed by atoms with Crippen molar-refractivity contribution >= 4 is 27.3 Å². The number of ether oxygens (including phenoxy) is 1. The molecule has 9 nitrogen and oxygen atoms in total. The molecule has 0 aliphatic rings. The number of carbonyl (C=O) groups excluding carboxylic acids is 1. The number of amides is 1. The molecule has 0 aliphatic carbocycles. The molecule has 0 fully saturated rings. The highest BCUT2D eigenvalue weighted by Gasteiger charge is 2.16. The Kier molecular flexibility index (Phi) is 8.67. The second-order valence-electron chi connectivity index (χ2n) is 7.56. The van der Waals surface area contributed by atoms with Crippen molar-refractivity contribution in [3.05, 3.63) is 66.5 Å². The Labute approximate surface area is 200 Å². The summed E-state index contributed by atoms with van der Waals surface area (Å²) in [6, 6.07) is 12.4. The molecule has 0 atom stereocenters. The molecule has 0 radical (unpaired) electrons. The Morgan fingerprint density at radius 1 is 1.00 bits per heavy atom. The van der Waals surface area contributed by atoms with E-state index in [1.165, 1.54) is 24.3 Å². The predicted octanol–water partition coefficient (Wildman–Crippen LogP) is 3.68. The smallest absolute Gasteiger partial charge is 0.261 e. The zero-order valence-corrected chi connectivity index (χ0v) is 20.5. The highest BCUT2D eigenvalue weighted by atomic mass is 32.2. The molecule has 1 aromatic heterocycles. The van der Waals surface area contributed by atoms with Crippen molar-refractivity contribution < 1.29 is 17.9 Å². The van der Waals surface area contributed by atoms with Crippen molar-refractivity contribution in [2.45, 2.75) is 32.2 Å². The molecule has 0 aliphatic heterocycles. The normalized spacial score (nSPS) is 11.4. The van der Waals surface area contributed by atoms with Gasteiger partial charge < -0.3 is 15.0 Å². The van der Waals surface area contributed by atoms with Gasteiger partial charge in [0, 0.05) is 24.0 Å². The SMILES string of the molecule is CCOc1ccc(NS(=O)(=O)c2ccc(C(=O)Nc3cnn(CCN(CC)CC)c3)cc2)cc1. The fourth-order valence-corrected chi connectivity index (χ4v) is 4.38. The first-order chi connectivity index (χ1) is 16.3. The predicted molar refractivity (Wildman–Crippen MR) is 133 cm³/mol. The molecule has 0 bridgehead atoms. The number of hydrogen-bond donors (Lipinski definition) is 2. The summed E-state index contributed by atoms with van der Waals surface area (Å²) in [5.41, 5.74) is 1.34. The van der Waals surface area contributed by atoms with Crippen LogP contribution in [0.2, 0.25) is 0 Å². The molecular formula is C24H31N5O4S. The standard InChI is InChI=1S/C24H31N5O4S/c1-4-28(5-2)15-16-29-18-21(17-25-29)26-24(30)19-7-13-23(14-8-19)34(31,32)27-20-9-11-22(12-10-20)33-6-3/h7-14,17-18,27H,4-6,15-16H2,1-3H3,(H,26,30). The Bertz CT molecular complexity index is 1170. The lowest BCUT2D eigenvalue weighted by atomic mass is 10.2. The van der Waals surface area contributed by atoms with Gasteiger partial charge in [-0.3, -0.25) is 14.2 Å². The van der Waals surface area contributed by atoms with Crippen molar-refractivity contribution in [3.63, 3.8) is 0 Å². The van der Waals surface area contributed by atoms with Gasteiger partial charge in [0.1, 0.15) is 5.75 Å². The van der Waals surface area contributed by atoms with E-state index < -0.39 is 10.0 Å². The zero-order valence-electron chi connectivity index (χ0n) is 19.7. The first kappa shape index (κ1) is 25.3. The van der Waals surface area contributed by atoms with Gasteiger partial charge in [-0.05, 0) is 68.5 Å². The lowest BCUT2D eigenvalue weighted by Crippen LogP contribution is -2.27. The van der Waals surface area contributed by atoms with Gasteiger partial charge in [0.15, 0.2) is 0 Å². The van der Waals surface area contributed by atoms with Crippen LogP contribution in [-0.2, 0) is 16.6 Å². The number of hydrogen-bond acceptors (Lipinski definition) is 6. The van der Waals surface area contributed by atoms with E-state index in [2.05, 4.69) is 33.9 Å². The molecule has 3 aromatic rings. The van der Waals surface area contributed by atoms with Gasteiger partial charge in [-0.1, -0.05) is 13.8 Å². The summed E-state index contributed by atoms with van der Waals surface area (Å²) in [6.07, 6.45) is 3.38. The van der Waals surface area contributed by atoms with Gasteiger partial charge in [-0.2, -0.15) is 5.10 Å². The van der Waals surface area contributed by atoms with E-state index in [1.807, 2.05) is 6.92 Å². The summed E-state index contributed by atoms with van der Waals surface area (Å²) in [4.78, 5) is 14.9. The maximum Gasteiger partial charge on any atom is 0.261 e. The third kappa shape index (κ3) is 6.82. The quantitative estimate of drug-likeness (QED) is 0.405. The first-order valence-electron chi connectivity index (χ1n) is 11.3. The van der Waals surface area contributed by atoms with Gasteiger partial charge in [-0.25, -0.2) is 8.42 Å². The third-order valence-electron chi connectivity index (χ3n) is 5.28. The second-order valence-corrected chi connectivity index (χ2v) is 9.24. The highest BCUT2D eigenvalue weighted by molar-refractivity contribution is 7.92. The van der Waals surface area contributed by atoms with Crippen LogP contribution in [0.1, 0.15) is 31.1 Å². The molecule has 0 saturated heterocycles. The van der Waals surface area contributed by atoms with Crippen molar-refractivity contribution in [3.8, 4) is 5.75 Å². The van der Waals surface area contributed by atoms with Crippen molar-refractivity contribution in [1.29, 1.82) is 0 Å². The van der Waals surface area contributed by atoms with Crippen LogP contribution >= 0.6 is 0 Å². The summed E-state index contributed by atoms with van der Waals surface area (Å²) in [5.74, 6) is 0.321. The minimum Gasteiger partial charge on any atom is -0.494 e. The van der Waals surface area contributed by atoms with Gasteiger partial charge in [0.2, 0.25) is 0 Å². The van der Waals surface area contributed by atoms with Gasteiger partial charge in [0.05, 0.1) is 29.9 Å². The minimum absolute atomic E-state index is 0.0576. The van der Waals surface area contributed by atoms with E-state index in [-0.39, 0.29) is 10.8 Å². The van der Waals surface area contributed by atoms with Gasteiger partial charge in [-0.15, -0.1) is 0 Å². The molecule has 10 heteroatoms. The van der Waals surface area contributed by atoms with Crippen LogP contribution in [0.5, 0.6) is 5.75 Å². The fraction of sp³-hybridized carbons (Fsp3) is 0.333. The van der Waals surface area contributed by atoms with Crippen molar-refractivity contribution in [2.24, 2.45) is 0 Å². The van der Waals surface area contributed by atoms with Gasteiger partial charge >= 0.3 is 0 Å². The summed E-state index contributed by atoms with van der Waals surface area (Å²) >= 11 is 0. The monoisotopic (exact) mass is 485 g/mol. The molecule has 0 unspecified atom stereocenters. The van der Waals surface area contributed by atoms with Gasteiger partial charge in [0.25, 0.3) is 15.9 Å². The fourth-order valence-electron chi connectivity index (χ4n) is 3.32. The van der Waals surface area contributed by atoms with Crippen molar-refractivity contribution in [1.82, 2.24) is 14.7 Å². The lowest BCUT2D eigenvalue weighted by molar-refractivity contribution is 0.102. The Balaban J connectivity index is 1.59. The number of aromatic nitrogens is 2. The Morgan fingerprint density at radius 2 is 1.68 bits per heavy atom. The molecule has 1 amide bonds. The molecular weight excluding hydrogens is 454 g/mol. The number of sulfonamides is 1. The first-order valence-corrected chi connectivity index (χ1v) is 12.7. The molecule has 0 saturated carbocycles. The topological polar surface area (TPSA) is 106 Å². The Morgan fingerprint density at radius 3 is 2.29 bits per heavy atom. The highest BCUT2D eigenvalue weighted by Crippen LogP contribution is 2.20. The van der Waals surface area contributed by atoms with E-state index in [4.69, 9.17) is 4.74 Å². The molecule has 2 aromatic carbocycles. The third-order valence-corrected chi connectivity index (χ3v) is 6.67. The summed E-state index contributed by atoms with van der Waals surface area (Å²) in [6.45, 7) is 10.2. The molecule has 2 N–H and O–H groups in total. The molecule has 34 heavy (non-hydrogen) atoms. The van der Waals surface area contributed by atoms with Crippen LogP contribution in [0.15, 0.2) is 65.8 Å².